The van der Waals surface area contributed by atoms with Crippen LogP contribution >= 0.6 is 0 Å². The van der Waals surface area contributed by atoms with Gasteiger partial charge < -0.3 is 5.32 Å². The quantitative estimate of drug-likeness (QED) is 0.838. The van der Waals surface area contributed by atoms with Crippen molar-refractivity contribution in [1.29, 1.82) is 0 Å². The van der Waals surface area contributed by atoms with E-state index in [0.717, 1.165) is 24.3 Å². The maximum atomic E-state index is 13.5. The first-order valence-electron chi connectivity index (χ1n) is 6.33. The van der Waals surface area contributed by atoms with Crippen molar-refractivity contribution in [3.05, 3.63) is 41.2 Å². The van der Waals surface area contributed by atoms with Gasteiger partial charge in [-0.2, -0.15) is 0 Å². The second-order valence-electron chi connectivity index (χ2n) is 4.95. The molecule has 0 heterocycles. The summed E-state index contributed by atoms with van der Waals surface area (Å²) in [6.07, 6.45) is 5.81. The van der Waals surface area contributed by atoms with Gasteiger partial charge in [-0.05, 0) is 55.5 Å². The van der Waals surface area contributed by atoms with Gasteiger partial charge in [0, 0.05) is 12.1 Å². The van der Waals surface area contributed by atoms with Crippen molar-refractivity contribution in [3.8, 4) is 0 Å². The minimum atomic E-state index is -0.118. The van der Waals surface area contributed by atoms with Crippen molar-refractivity contribution in [2.24, 2.45) is 5.92 Å². The van der Waals surface area contributed by atoms with Gasteiger partial charge in [-0.15, -0.1) is 0 Å². The van der Waals surface area contributed by atoms with E-state index in [4.69, 9.17) is 0 Å². The van der Waals surface area contributed by atoms with Crippen LogP contribution in [-0.4, -0.2) is 7.05 Å². The molecule has 1 N–H and O–H groups in total. The Kier molecular flexibility index (Phi) is 3.95. The van der Waals surface area contributed by atoms with Gasteiger partial charge in [-0.25, -0.2) is 4.39 Å². The molecule has 0 saturated carbocycles. The van der Waals surface area contributed by atoms with Crippen LogP contribution in [-0.2, 0) is 6.54 Å². The van der Waals surface area contributed by atoms with Gasteiger partial charge in [0.2, 0.25) is 0 Å². The Morgan fingerprint density at radius 2 is 2.24 bits per heavy atom. The Hall–Kier alpha value is -1.15. The lowest BCUT2D eigenvalue weighted by molar-refractivity contribution is 0.533. The third kappa shape index (κ3) is 2.95. The fourth-order valence-electron chi connectivity index (χ4n) is 2.33. The van der Waals surface area contributed by atoms with E-state index < -0.39 is 0 Å². The fraction of sp³-hybridized carbons (Fsp3) is 0.467. The van der Waals surface area contributed by atoms with E-state index >= 15 is 0 Å². The molecule has 0 bridgehead atoms. The van der Waals surface area contributed by atoms with Crippen LogP contribution in [0, 0.1) is 11.7 Å². The average molecular weight is 233 g/mol. The summed E-state index contributed by atoms with van der Waals surface area (Å²) in [5.74, 6) is 0.670. The normalized spacial score (nSPS) is 20.2. The Morgan fingerprint density at radius 1 is 1.41 bits per heavy atom. The topological polar surface area (TPSA) is 12.0 Å². The standard InChI is InChI=1S/C15H20FN/c1-11-3-5-12(6-4-11)13-7-8-15(16)14(9-13)10-17-2/h5,7-9,11,17H,3-4,6,10H2,1-2H3. The zero-order valence-electron chi connectivity index (χ0n) is 10.6. The SMILES string of the molecule is CNCc1cc(C2=CCC(C)CC2)ccc1F. The maximum absolute atomic E-state index is 13.5. The number of hydrogen-bond acceptors (Lipinski definition) is 1. The highest BCUT2D eigenvalue weighted by atomic mass is 19.1. The van der Waals surface area contributed by atoms with Crippen molar-refractivity contribution < 1.29 is 4.39 Å². The van der Waals surface area contributed by atoms with E-state index in [0.29, 0.717) is 6.54 Å². The first-order valence-corrected chi connectivity index (χ1v) is 6.33. The largest absolute Gasteiger partial charge is 0.316 e. The molecule has 0 radical (unpaired) electrons. The third-order valence-corrected chi connectivity index (χ3v) is 3.46. The molecule has 1 aromatic rings. The molecule has 2 rings (SSSR count). The molecule has 2 heteroatoms. The molecule has 0 aliphatic heterocycles. The summed E-state index contributed by atoms with van der Waals surface area (Å²) in [5.41, 5.74) is 3.31. The van der Waals surface area contributed by atoms with Gasteiger partial charge in [0.1, 0.15) is 5.82 Å². The van der Waals surface area contributed by atoms with Crippen LogP contribution < -0.4 is 5.32 Å². The van der Waals surface area contributed by atoms with Gasteiger partial charge in [0.05, 0.1) is 0 Å². The van der Waals surface area contributed by atoms with Crippen LogP contribution in [0.4, 0.5) is 4.39 Å². The monoisotopic (exact) mass is 233 g/mol. The van der Waals surface area contributed by atoms with Crippen molar-refractivity contribution in [3.63, 3.8) is 0 Å². The summed E-state index contributed by atoms with van der Waals surface area (Å²) in [4.78, 5) is 0. The average Bonchev–Trinajstić information content (AvgIpc) is 2.33. The van der Waals surface area contributed by atoms with Crippen molar-refractivity contribution in [1.82, 2.24) is 5.32 Å². The number of hydrogen-bond donors (Lipinski definition) is 1. The molecule has 1 aliphatic rings. The number of allylic oxidation sites excluding steroid dienone is 2. The Balaban J connectivity index is 2.24. The second kappa shape index (κ2) is 5.46. The third-order valence-electron chi connectivity index (χ3n) is 3.46. The van der Waals surface area contributed by atoms with E-state index in [1.54, 1.807) is 6.07 Å². The number of halogens is 1. The predicted octanol–water partition coefficient (Wildman–Crippen LogP) is 3.75. The summed E-state index contributed by atoms with van der Waals surface area (Å²) in [7, 11) is 1.84. The summed E-state index contributed by atoms with van der Waals surface area (Å²) in [6.45, 7) is 2.87. The van der Waals surface area contributed by atoms with Crippen LogP contribution in [0.5, 0.6) is 0 Å². The van der Waals surface area contributed by atoms with E-state index in [-0.39, 0.29) is 5.82 Å². The minimum Gasteiger partial charge on any atom is -0.316 e. The van der Waals surface area contributed by atoms with Crippen molar-refractivity contribution >= 4 is 5.57 Å². The number of nitrogens with one attached hydrogen (secondary N) is 1. The highest BCUT2D eigenvalue weighted by molar-refractivity contribution is 5.66. The molecule has 1 aliphatic carbocycles. The van der Waals surface area contributed by atoms with E-state index in [1.807, 2.05) is 19.2 Å². The molecule has 92 valence electrons. The summed E-state index contributed by atoms with van der Waals surface area (Å²) in [5, 5.41) is 3.00. The molecule has 1 nitrogen and oxygen atoms in total. The van der Waals surface area contributed by atoms with Gasteiger partial charge in [-0.3, -0.25) is 0 Å². The number of benzene rings is 1. The van der Waals surface area contributed by atoms with Gasteiger partial charge >= 0.3 is 0 Å². The zero-order chi connectivity index (χ0) is 12.3. The first-order chi connectivity index (χ1) is 8.20. The molecule has 1 unspecified atom stereocenters. The minimum absolute atomic E-state index is 0.118. The van der Waals surface area contributed by atoms with Crippen molar-refractivity contribution in [2.75, 3.05) is 7.05 Å². The fourth-order valence-corrected chi connectivity index (χ4v) is 2.33. The molecule has 0 spiro atoms. The summed E-state index contributed by atoms with van der Waals surface area (Å²) >= 11 is 0. The highest BCUT2D eigenvalue weighted by Gasteiger charge is 2.12. The summed E-state index contributed by atoms with van der Waals surface area (Å²) < 4.78 is 13.5. The maximum Gasteiger partial charge on any atom is 0.127 e. The van der Waals surface area contributed by atoms with Crippen molar-refractivity contribution in [2.45, 2.75) is 32.7 Å². The molecule has 0 aromatic heterocycles. The molecule has 0 amide bonds. The molecule has 1 aromatic carbocycles. The first kappa shape index (κ1) is 12.3. The second-order valence-corrected chi connectivity index (χ2v) is 4.95. The van der Waals surface area contributed by atoms with Crippen LogP contribution in [0.1, 0.15) is 37.3 Å². The summed E-state index contributed by atoms with van der Waals surface area (Å²) in [6, 6.07) is 5.46. The molecule has 1 atom stereocenters. The Bertz CT molecular complexity index is 423. The van der Waals surface area contributed by atoms with E-state index in [9.17, 15) is 4.39 Å². The van der Waals surface area contributed by atoms with Gasteiger partial charge in [0.15, 0.2) is 0 Å². The predicted molar refractivity (Wildman–Crippen MR) is 70.2 cm³/mol. The lowest BCUT2D eigenvalue weighted by atomic mass is 9.87. The van der Waals surface area contributed by atoms with Crippen LogP contribution in [0.15, 0.2) is 24.3 Å². The van der Waals surface area contributed by atoms with Crippen LogP contribution in [0.25, 0.3) is 5.57 Å². The molecule has 0 saturated heterocycles. The smallest absolute Gasteiger partial charge is 0.127 e. The number of rotatable bonds is 3. The van der Waals surface area contributed by atoms with Gasteiger partial charge in [-0.1, -0.05) is 19.1 Å². The van der Waals surface area contributed by atoms with E-state index in [1.165, 1.54) is 17.6 Å². The highest BCUT2D eigenvalue weighted by Crippen LogP contribution is 2.30. The Labute approximate surface area is 103 Å². The Morgan fingerprint density at radius 3 is 2.88 bits per heavy atom. The molecule has 17 heavy (non-hydrogen) atoms. The molecule has 0 fully saturated rings. The molecular formula is C15H20FN. The lowest BCUT2D eigenvalue weighted by Gasteiger charge is -2.19. The van der Waals surface area contributed by atoms with Crippen LogP contribution in [0.3, 0.4) is 0 Å². The van der Waals surface area contributed by atoms with Crippen LogP contribution in [0.2, 0.25) is 0 Å². The zero-order valence-corrected chi connectivity index (χ0v) is 10.6. The lowest BCUT2D eigenvalue weighted by Crippen LogP contribution is -2.08. The molecular weight excluding hydrogens is 213 g/mol. The van der Waals surface area contributed by atoms with Gasteiger partial charge in [0.25, 0.3) is 0 Å². The van der Waals surface area contributed by atoms with E-state index in [2.05, 4.69) is 18.3 Å².